The molecule has 6 rings (SSSR count). The van der Waals surface area contributed by atoms with Crippen LogP contribution in [0.1, 0.15) is 0 Å². The van der Waals surface area contributed by atoms with E-state index in [1.165, 1.54) is 0 Å². The highest BCUT2D eigenvalue weighted by atomic mass is 79.9. The topological polar surface area (TPSA) is 38.7 Å². The maximum absolute atomic E-state index is 4.98. The normalized spacial score (nSPS) is 11.0. The van der Waals surface area contributed by atoms with E-state index in [0.29, 0.717) is 17.5 Å². The van der Waals surface area contributed by atoms with E-state index in [9.17, 15) is 0 Å². The van der Waals surface area contributed by atoms with Crippen molar-refractivity contribution in [3.8, 4) is 45.3 Å². The molecule has 0 aliphatic rings. The van der Waals surface area contributed by atoms with Crippen LogP contribution in [0, 0.1) is 0 Å². The van der Waals surface area contributed by atoms with Gasteiger partial charge >= 0.3 is 0 Å². The van der Waals surface area contributed by atoms with Gasteiger partial charge in [-0.3, -0.25) is 0 Å². The highest BCUT2D eigenvalue weighted by Gasteiger charge is 2.15. The minimum absolute atomic E-state index is 0.649. The van der Waals surface area contributed by atoms with Gasteiger partial charge < -0.3 is 0 Å². The zero-order valence-electron chi connectivity index (χ0n) is 18.8. The summed E-state index contributed by atoms with van der Waals surface area (Å²) in [6, 6.07) is 41.2. The fraction of sp³-hybridized carbons (Fsp3) is 0. The summed E-state index contributed by atoms with van der Waals surface area (Å²) < 4.78 is 1.01. The Labute approximate surface area is 212 Å². The fourth-order valence-electron chi connectivity index (χ4n) is 4.29. The molecule has 0 bridgehead atoms. The van der Waals surface area contributed by atoms with Crippen LogP contribution in [0.25, 0.3) is 56.1 Å². The third-order valence-corrected chi connectivity index (χ3v) is 6.65. The first-order valence-electron chi connectivity index (χ1n) is 11.4. The zero-order valence-corrected chi connectivity index (χ0v) is 20.4. The average molecular weight is 514 g/mol. The van der Waals surface area contributed by atoms with Gasteiger partial charge in [0.25, 0.3) is 0 Å². The maximum atomic E-state index is 4.98. The predicted octanol–water partition coefficient (Wildman–Crippen LogP) is 8.46. The van der Waals surface area contributed by atoms with E-state index in [2.05, 4.69) is 88.7 Å². The van der Waals surface area contributed by atoms with Gasteiger partial charge in [0.1, 0.15) is 0 Å². The molecule has 0 saturated heterocycles. The monoisotopic (exact) mass is 513 g/mol. The number of fused-ring (bicyclic) bond motifs is 1. The molecule has 166 valence electrons. The van der Waals surface area contributed by atoms with Crippen molar-refractivity contribution in [2.75, 3.05) is 0 Å². The molecular formula is C31H20BrN3. The summed E-state index contributed by atoms with van der Waals surface area (Å²) in [5.41, 5.74) is 5.15. The molecule has 3 nitrogen and oxygen atoms in total. The number of halogens is 1. The third-order valence-electron chi connectivity index (χ3n) is 5.99. The van der Waals surface area contributed by atoms with Gasteiger partial charge in [0.15, 0.2) is 17.5 Å². The number of hydrogen-bond donors (Lipinski definition) is 0. The first kappa shape index (κ1) is 21.4. The Morgan fingerprint density at radius 3 is 1.71 bits per heavy atom. The summed E-state index contributed by atoms with van der Waals surface area (Å²) in [7, 11) is 0. The van der Waals surface area contributed by atoms with Crippen molar-refractivity contribution in [2.24, 2.45) is 0 Å². The third kappa shape index (κ3) is 4.25. The predicted molar refractivity (Wildman–Crippen MR) is 147 cm³/mol. The van der Waals surface area contributed by atoms with Gasteiger partial charge in [-0.25, -0.2) is 15.0 Å². The number of aromatic nitrogens is 3. The number of nitrogens with zero attached hydrogens (tertiary/aromatic N) is 3. The Morgan fingerprint density at radius 2 is 0.971 bits per heavy atom. The lowest BCUT2D eigenvalue weighted by Gasteiger charge is -2.12. The Morgan fingerprint density at radius 1 is 0.429 bits per heavy atom. The molecule has 0 spiro atoms. The van der Waals surface area contributed by atoms with Crippen LogP contribution < -0.4 is 0 Å². The van der Waals surface area contributed by atoms with Crippen molar-refractivity contribution in [1.82, 2.24) is 15.0 Å². The first-order valence-corrected chi connectivity index (χ1v) is 12.2. The van der Waals surface area contributed by atoms with Crippen LogP contribution in [0.3, 0.4) is 0 Å². The van der Waals surface area contributed by atoms with Gasteiger partial charge in [0, 0.05) is 26.5 Å². The van der Waals surface area contributed by atoms with Crippen LogP contribution in [-0.4, -0.2) is 15.0 Å². The van der Waals surface area contributed by atoms with E-state index < -0.39 is 0 Å². The first-order chi connectivity index (χ1) is 17.3. The molecule has 0 aliphatic carbocycles. The van der Waals surface area contributed by atoms with Crippen LogP contribution in [-0.2, 0) is 0 Å². The highest BCUT2D eigenvalue weighted by molar-refractivity contribution is 9.10. The van der Waals surface area contributed by atoms with Gasteiger partial charge in [-0.05, 0) is 28.6 Å². The molecule has 0 radical (unpaired) electrons. The lowest BCUT2D eigenvalue weighted by atomic mass is 10.0. The van der Waals surface area contributed by atoms with Gasteiger partial charge in [-0.15, -0.1) is 0 Å². The zero-order chi connectivity index (χ0) is 23.6. The van der Waals surface area contributed by atoms with Gasteiger partial charge in [-0.1, -0.05) is 125 Å². The van der Waals surface area contributed by atoms with Crippen molar-refractivity contribution in [3.05, 3.63) is 126 Å². The molecule has 0 unspecified atom stereocenters. The molecule has 0 amide bonds. The van der Waals surface area contributed by atoms with Crippen LogP contribution >= 0.6 is 15.9 Å². The SMILES string of the molecule is Brc1cccc2cccc(-c3nc(-c4ccccc4)nc(-c4cccc(-c5ccccc5)c4)n3)c12. The number of rotatable bonds is 4. The standard InChI is InChI=1S/C31H20BrN3/c32-27-19-9-15-22-14-8-18-26(28(22)27)31-34-29(23-12-5-2-6-13-23)33-30(35-31)25-17-7-16-24(20-25)21-10-3-1-4-11-21/h1-20H. The molecule has 0 N–H and O–H groups in total. The second kappa shape index (κ2) is 9.24. The van der Waals surface area contributed by atoms with Crippen molar-refractivity contribution in [2.45, 2.75) is 0 Å². The molecule has 0 atom stereocenters. The summed E-state index contributed by atoms with van der Waals surface area (Å²) in [5, 5.41) is 2.22. The van der Waals surface area contributed by atoms with E-state index in [1.807, 2.05) is 48.5 Å². The highest BCUT2D eigenvalue weighted by Crippen LogP contribution is 2.34. The number of hydrogen-bond acceptors (Lipinski definition) is 3. The summed E-state index contributed by atoms with van der Waals surface area (Å²) in [6.45, 7) is 0. The van der Waals surface area contributed by atoms with Crippen molar-refractivity contribution in [3.63, 3.8) is 0 Å². The van der Waals surface area contributed by atoms with Crippen LogP contribution in [0.4, 0.5) is 0 Å². The number of benzene rings is 5. The largest absolute Gasteiger partial charge is 0.208 e. The Hall–Kier alpha value is -4.15. The molecule has 4 heteroatoms. The molecule has 6 aromatic rings. The minimum Gasteiger partial charge on any atom is -0.208 e. The summed E-state index contributed by atoms with van der Waals surface area (Å²) in [4.78, 5) is 14.8. The summed E-state index contributed by atoms with van der Waals surface area (Å²) in [6.07, 6.45) is 0. The molecular weight excluding hydrogens is 494 g/mol. The van der Waals surface area contributed by atoms with Crippen LogP contribution in [0.5, 0.6) is 0 Å². The second-order valence-corrected chi connectivity index (χ2v) is 9.12. The van der Waals surface area contributed by atoms with E-state index in [4.69, 9.17) is 15.0 Å². The smallest absolute Gasteiger partial charge is 0.164 e. The van der Waals surface area contributed by atoms with E-state index in [1.54, 1.807) is 0 Å². The summed E-state index contributed by atoms with van der Waals surface area (Å²) in [5.74, 6) is 1.95. The molecule has 35 heavy (non-hydrogen) atoms. The van der Waals surface area contributed by atoms with E-state index >= 15 is 0 Å². The van der Waals surface area contributed by atoms with Crippen molar-refractivity contribution >= 4 is 26.7 Å². The van der Waals surface area contributed by atoms with Crippen LogP contribution in [0.2, 0.25) is 0 Å². The van der Waals surface area contributed by atoms with Crippen molar-refractivity contribution in [1.29, 1.82) is 0 Å². The molecule has 0 aliphatic heterocycles. The van der Waals surface area contributed by atoms with Crippen molar-refractivity contribution < 1.29 is 0 Å². The molecule has 0 saturated carbocycles. The van der Waals surface area contributed by atoms with Crippen LogP contribution in [0.15, 0.2) is 126 Å². The molecule has 0 fully saturated rings. The average Bonchev–Trinajstić information content (AvgIpc) is 2.94. The minimum atomic E-state index is 0.649. The Bertz CT molecular complexity index is 1640. The molecule has 1 heterocycles. The Kier molecular flexibility index (Phi) is 5.65. The molecule has 1 aromatic heterocycles. The lowest BCUT2D eigenvalue weighted by molar-refractivity contribution is 1.08. The maximum Gasteiger partial charge on any atom is 0.164 e. The second-order valence-electron chi connectivity index (χ2n) is 8.26. The Balaban J connectivity index is 1.58. The van der Waals surface area contributed by atoms with E-state index in [0.717, 1.165) is 43.1 Å². The summed E-state index contributed by atoms with van der Waals surface area (Å²) >= 11 is 3.74. The quantitative estimate of drug-likeness (QED) is 0.237. The van der Waals surface area contributed by atoms with Gasteiger partial charge in [0.05, 0.1) is 0 Å². The van der Waals surface area contributed by atoms with Gasteiger partial charge in [-0.2, -0.15) is 0 Å². The molecule has 5 aromatic carbocycles. The fourth-order valence-corrected chi connectivity index (χ4v) is 4.89. The lowest BCUT2D eigenvalue weighted by Crippen LogP contribution is -2.00. The van der Waals surface area contributed by atoms with E-state index in [-0.39, 0.29) is 0 Å². The van der Waals surface area contributed by atoms with Gasteiger partial charge in [0.2, 0.25) is 0 Å².